The number of rotatable bonds is 7. The zero-order valence-electron chi connectivity index (χ0n) is 19.0. The second-order valence-corrected chi connectivity index (χ2v) is 10.3. The highest BCUT2D eigenvalue weighted by Crippen LogP contribution is 2.56. The highest BCUT2D eigenvalue weighted by Gasteiger charge is 2.38. The first-order valence-corrected chi connectivity index (χ1v) is 12.1. The fraction of sp³-hybridized carbons (Fsp3) is 0.107. The molecule has 0 aromatic heterocycles. The van der Waals surface area contributed by atoms with E-state index < -0.39 is 13.6 Å². The number of carbonyl (C=O) groups excluding carboxylic acids is 1. The third-order valence-electron chi connectivity index (χ3n) is 5.64. The van der Waals surface area contributed by atoms with E-state index in [1.165, 1.54) is 14.0 Å². The summed E-state index contributed by atoms with van der Waals surface area (Å²) in [6, 6.07) is 31.2. The highest BCUT2D eigenvalue weighted by molar-refractivity contribution is 7.61. The molecular weight excluding hydrogens is 446 g/mol. The number of halogens is 1. The van der Waals surface area contributed by atoms with E-state index in [0.717, 1.165) is 16.4 Å². The number of benzene rings is 4. The van der Waals surface area contributed by atoms with Gasteiger partial charge in [-0.1, -0.05) is 78.9 Å². The molecule has 1 amide bonds. The fourth-order valence-corrected chi connectivity index (χ4v) is 5.66. The van der Waals surface area contributed by atoms with E-state index >= 15 is 4.39 Å². The van der Waals surface area contributed by atoms with Crippen molar-refractivity contribution >= 4 is 30.7 Å². The maximum atomic E-state index is 15.9. The van der Waals surface area contributed by atoms with Crippen LogP contribution in [-0.2, 0) is 9.93 Å². The first kappa shape index (κ1) is 23.6. The molecule has 0 bridgehead atoms. The van der Waals surface area contributed by atoms with Gasteiger partial charge in [0.2, 0.25) is 0 Å². The number of nitrogen functional groups attached to an aromatic ring is 1. The minimum absolute atomic E-state index is 0.318. The first-order valence-electron chi connectivity index (χ1n) is 10.9. The third kappa shape index (κ3) is 5.01. The average molecular weight is 473 g/mol. The number of alkyl halides is 1. The summed E-state index contributed by atoms with van der Waals surface area (Å²) in [5.74, 6) is -0.318. The summed E-state index contributed by atoms with van der Waals surface area (Å²) in [4.78, 5) is 12.9. The molecular formula is C28H26FN2O2P. The Kier molecular flexibility index (Phi) is 7.06. The van der Waals surface area contributed by atoms with Crippen molar-refractivity contribution in [3.63, 3.8) is 0 Å². The molecule has 4 aromatic rings. The molecule has 0 radical (unpaired) electrons. The average Bonchev–Trinajstić information content (AvgIpc) is 2.87. The van der Waals surface area contributed by atoms with Gasteiger partial charge in [0.1, 0.15) is 8.15 Å². The van der Waals surface area contributed by atoms with E-state index in [2.05, 4.69) is 5.32 Å². The van der Waals surface area contributed by atoms with Crippen LogP contribution < -0.4 is 16.4 Å². The molecule has 34 heavy (non-hydrogen) atoms. The lowest BCUT2D eigenvalue weighted by atomic mass is 10.0. The van der Waals surface area contributed by atoms with Crippen molar-refractivity contribution in [3.05, 3.63) is 114 Å². The van der Waals surface area contributed by atoms with Gasteiger partial charge in [-0.2, -0.15) is 0 Å². The molecule has 0 saturated heterocycles. The van der Waals surface area contributed by atoms with Crippen molar-refractivity contribution in [3.8, 4) is 11.1 Å². The SMILES string of the molecule is COP(c1ccccc1)C(C)(F)c1ccc(C(=O)Nc2cc(-c3ccccc3)ccc2N)cc1. The van der Waals surface area contributed by atoms with E-state index in [4.69, 9.17) is 10.3 Å². The quantitative estimate of drug-likeness (QED) is 0.232. The second kappa shape index (κ2) is 10.2. The Balaban J connectivity index is 1.54. The fourth-order valence-electron chi connectivity index (χ4n) is 3.79. The Labute approximate surface area is 200 Å². The first-order chi connectivity index (χ1) is 16.4. The van der Waals surface area contributed by atoms with E-state index in [1.807, 2.05) is 72.8 Å². The summed E-state index contributed by atoms with van der Waals surface area (Å²) in [7, 11) is -0.0316. The summed E-state index contributed by atoms with van der Waals surface area (Å²) < 4.78 is 21.5. The lowest BCUT2D eigenvalue weighted by Crippen LogP contribution is -2.21. The van der Waals surface area contributed by atoms with Crippen molar-refractivity contribution in [2.24, 2.45) is 0 Å². The molecule has 4 rings (SSSR count). The second-order valence-electron chi connectivity index (χ2n) is 7.97. The number of amides is 1. The van der Waals surface area contributed by atoms with Gasteiger partial charge < -0.3 is 15.6 Å². The van der Waals surface area contributed by atoms with Gasteiger partial charge in [-0.25, -0.2) is 4.39 Å². The molecule has 0 saturated carbocycles. The van der Waals surface area contributed by atoms with Crippen LogP contribution in [0, 0.1) is 0 Å². The normalized spacial score (nSPS) is 13.6. The predicted molar refractivity (Wildman–Crippen MR) is 139 cm³/mol. The Bertz CT molecular complexity index is 1260. The Morgan fingerprint density at radius 1 is 0.882 bits per heavy atom. The molecule has 4 aromatic carbocycles. The van der Waals surface area contributed by atoms with Gasteiger partial charge in [0, 0.05) is 18.0 Å². The largest absolute Gasteiger partial charge is 0.397 e. The Hall–Kier alpha value is -3.53. The highest BCUT2D eigenvalue weighted by atomic mass is 31.1. The maximum absolute atomic E-state index is 15.9. The van der Waals surface area contributed by atoms with E-state index in [-0.39, 0.29) is 5.91 Å². The number of anilines is 2. The summed E-state index contributed by atoms with van der Waals surface area (Å²) in [6.07, 6.45) is 0. The lowest BCUT2D eigenvalue weighted by Gasteiger charge is -2.29. The number of nitrogens with two attached hydrogens (primary N) is 1. The van der Waals surface area contributed by atoms with Crippen LogP contribution in [-0.4, -0.2) is 13.0 Å². The van der Waals surface area contributed by atoms with Crippen LogP contribution in [0.3, 0.4) is 0 Å². The van der Waals surface area contributed by atoms with Crippen LogP contribution in [0.25, 0.3) is 11.1 Å². The third-order valence-corrected chi connectivity index (χ3v) is 7.79. The number of hydrogen-bond donors (Lipinski definition) is 2. The minimum atomic E-state index is -1.73. The van der Waals surface area contributed by atoms with Gasteiger partial charge in [0.15, 0.2) is 5.41 Å². The summed E-state index contributed by atoms with van der Waals surface area (Å²) in [5.41, 5.74) is 9.93. The molecule has 3 N–H and O–H groups in total. The van der Waals surface area contributed by atoms with Gasteiger partial charge in [0.05, 0.1) is 11.4 Å². The van der Waals surface area contributed by atoms with Crippen molar-refractivity contribution in [2.45, 2.75) is 12.3 Å². The molecule has 0 heterocycles. The predicted octanol–water partition coefficient (Wildman–Crippen LogP) is 6.70. The van der Waals surface area contributed by atoms with E-state index in [0.29, 0.717) is 22.5 Å². The summed E-state index contributed by atoms with van der Waals surface area (Å²) in [5, 5.41) is 1.96. The van der Waals surface area contributed by atoms with Gasteiger partial charge in [-0.3, -0.25) is 4.79 Å². The maximum Gasteiger partial charge on any atom is 0.255 e. The molecule has 2 unspecified atom stereocenters. The van der Waals surface area contributed by atoms with E-state index in [1.54, 1.807) is 30.3 Å². The van der Waals surface area contributed by atoms with Crippen molar-refractivity contribution in [1.82, 2.24) is 0 Å². The standard InChI is InChI=1S/C28H26FN2O2P/c1-28(29,34(33-2)24-11-7-4-8-12-24)23-16-13-21(14-17-23)27(32)31-26-19-22(15-18-25(26)30)20-9-5-3-6-10-20/h3-19H,30H2,1-2H3,(H,31,32). The van der Waals surface area contributed by atoms with Gasteiger partial charge >= 0.3 is 0 Å². The molecule has 0 aliphatic rings. The zero-order chi connectivity index (χ0) is 24.1. The zero-order valence-corrected chi connectivity index (χ0v) is 19.9. The number of hydrogen-bond acceptors (Lipinski definition) is 3. The van der Waals surface area contributed by atoms with Crippen molar-refractivity contribution in [1.29, 1.82) is 0 Å². The monoisotopic (exact) mass is 472 g/mol. The molecule has 0 fully saturated rings. The van der Waals surface area contributed by atoms with Gasteiger partial charge in [-0.15, -0.1) is 0 Å². The molecule has 0 aliphatic heterocycles. The van der Waals surface area contributed by atoms with Crippen LogP contribution in [0.1, 0.15) is 22.8 Å². The van der Waals surface area contributed by atoms with Crippen molar-refractivity contribution in [2.75, 3.05) is 18.2 Å². The van der Waals surface area contributed by atoms with Gasteiger partial charge in [-0.05, 0) is 47.9 Å². The van der Waals surface area contributed by atoms with Crippen LogP contribution >= 0.6 is 8.15 Å². The molecule has 2 atom stereocenters. The molecule has 6 heteroatoms. The number of carbonyl (C=O) groups is 1. The number of nitrogens with one attached hydrogen (secondary N) is 1. The topological polar surface area (TPSA) is 64.3 Å². The molecule has 0 aliphatic carbocycles. The van der Waals surface area contributed by atoms with Crippen molar-refractivity contribution < 1.29 is 13.7 Å². The smallest absolute Gasteiger partial charge is 0.255 e. The Morgan fingerprint density at radius 3 is 2.12 bits per heavy atom. The minimum Gasteiger partial charge on any atom is -0.397 e. The van der Waals surface area contributed by atoms with Crippen LogP contribution in [0.15, 0.2) is 103 Å². The van der Waals surface area contributed by atoms with Crippen LogP contribution in [0.5, 0.6) is 0 Å². The summed E-state index contributed by atoms with van der Waals surface area (Å²) in [6.45, 7) is 1.51. The van der Waals surface area contributed by atoms with Crippen LogP contribution in [0.4, 0.5) is 15.8 Å². The molecule has 172 valence electrons. The van der Waals surface area contributed by atoms with E-state index in [9.17, 15) is 4.79 Å². The molecule has 4 nitrogen and oxygen atoms in total. The van der Waals surface area contributed by atoms with Crippen LogP contribution in [0.2, 0.25) is 0 Å². The lowest BCUT2D eigenvalue weighted by molar-refractivity contribution is 0.102. The molecule has 0 spiro atoms. The summed E-state index contributed by atoms with van der Waals surface area (Å²) >= 11 is 0. The Morgan fingerprint density at radius 2 is 1.50 bits per heavy atom. The van der Waals surface area contributed by atoms with Gasteiger partial charge in [0.25, 0.3) is 5.91 Å².